The third kappa shape index (κ3) is 4.15. The zero-order valence-corrected chi connectivity index (χ0v) is 18.8. The first-order chi connectivity index (χ1) is 14.2. The fourth-order valence-corrected chi connectivity index (χ4v) is 6.17. The number of hydrogen-bond donors (Lipinski definition) is 1. The number of ether oxygens (including phenoxy) is 2. The Morgan fingerprint density at radius 2 is 1.73 bits per heavy atom. The van der Waals surface area contributed by atoms with Gasteiger partial charge in [-0.05, 0) is 56.9 Å². The van der Waals surface area contributed by atoms with Crippen molar-refractivity contribution in [1.82, 2.24) is 4.31 Å². The van der Waals surface area contributed by atoms with Crippen molar-refractivity contribution < 1.29 is 22.7 Å². The van der Waals surface area contributed by atoms with Gasteiger partial charge in [0.2, 0.25) is 15.9 Å². The van der Waals surface area contributed by atoms with Crippen LogP contribution in [0, 0.1) is 20.8 Å². The van der Waals surface area contributed by atoms with Gasteiger partial charge < -0.3 is 14.8 Å². The summed E-state index contributed by atoms with van der Waals surface area (Å²) in [5.74, 6) is 0.669. The topological polar surface area (TPSA) is 84.9 Å². The predicted molar refractivity (Wildman–Crippen MR) is 116 cm³/mol. The van der Waals surface area contributed by atoms with E-state index in [1.165, 1.54) is 11.4 Å². The molecule has 7 nitrogen and oxygen atoms in total. The third-order valence-corrected chi connectivity index (χ3v) is 7.56. The maximum atomic E-state index is 13.5. The summed E-state index contributed by atoms with van der Waals surface area (Å²) < 4.78 is 38.8. The summed E-state index contributed by atoms with van der Waals surface area (Å²) in [6.07, 6.45) is 1.09. The molecule has 0 radical (unpaired) electrons. The second-order valence-electron chi connectivity index (χ2n) is 7.56. The lowest BCUT2D eigenvalue weighted by molar-refractivity contribution is -0.119. The summed E-state index contributed by atoms with van der Waals surface area (Å²) in [7, 11) is -0.764. The number of amides is 1. The number of rotatable bonds is 6. The van der Waals surface area contributed by atoms with Gasteiger partial charge in [-0.3, -0.25) is 4.79 Å². The molecule has 2 aromatic rings. The Balaban J connectivity index is 1.90. The van der Waals surface area contributed by atoms with E-state index in [1.807, 2.05) is 19.1 Å². The van der Waals surface area contributed by atoms with Crippen molar-refractivity contribution in [2.75, 3.05) is 26.1 Å². The van der Waals surface area contributed by atoms with Crippen molar-refractivity contribution >= 4 is 21.6 Å². The Labute approximate surface area is 178 Å². The van der Waals surface area contributed by atoms with Crippen LogP contribution in [0.5, 0.6) is 11.5 Å². The Hall–Kier alpha value is -2.58. The van der Waals surface area contributed by atoms with E-state index in [9.17, 15) is 13.2 Å². The van der Waals surface area contributed by atoms with Crippen LogP contribution in [-0.4, -0.2) is 45.4 Å². The summed E-state index contributed by atoms with van der Waals surface area (Å²) in [4.78, 5) is 13.3. The van der Waals surface area contributed by atoms with Crippen LogP contribution in [0.2, 0.25) is 0 Å². The molecule has 1 heterocycles. The van der Waals surface area contributed by atoms with E-state index in [1.54, 1.807) is 39.2 Å². The van der Waals surface area contributed by atoms with Crippen LogP contribution in [0.25, 0.3) is 0 Å². The molecular formula is C22H28N2O5S. The zero-order chi connectivity index (χ0) is 22.1. The van der Waals surface area contributed by atoms with Gasteiger partial charge in [0.15, 0.2) is 0 Å². The molecule has 1 N–H and O–H groups in total. The van der Waals surface area contributed by atoms with Crippen molar-refractivity contribution in [1.29, 1.82) is 0 Å². The second kappa shape index (κ2) is 8.65. The maximum Gasteiger partial charge on any atom is 0.244 e. The van der Waals surface area contributed by atoms with Crippen molar-refractivity contribution in [3.05, 3.63) is 47.0 Å². The molecule has 3 rings (SSSR count). The van der Waals surface area contributed by atoms with Gasteiger partial charge in [0.05, 0.1) is 24.8 Å². The van der Waals surface area contributed by atoms with E-state index in [4.69, 9.17) is 9.47 Å². The van der Waals surface area contributed by atoms with Crippen molar-refractivity contribution in [2.45, 2.75) is 44.6 Å². The highest BCUT2D eigenvalue weighted by Gasteiger charge is 2.40. The van der Waals surface area contributed by atoms with E-state index in [2.05, 4.69) is 5.32 Å². The molecule has 1 aliphatic rings. The van der Waals surface area contributed by atoms with Gasteiger partial charge in [-0.2, -0.15) is 4.31 Å². The molecule has 0 aliphatic carbocycles. The summed E-state index contributed by atoms with van der Waals surface area (Å²) >= 11 is 0. The molecule has 2 aromatic carbocycles. The number of carbonyl (C=O) groups excluding carboxylic acids is 1. The summed E-state index contributed by atoms with van der Waals surface area (Å²) in [6, 6.07) is 7.98. The Morgan fingerprint density at radius 1 is 1.07 bits per heavy atom. The number of nitrogens with one attached hydrogen (secondary N) is 1. The molecule has 0 aromatic heterocycles. The lowest BCUT2D eigenvalue weighted by Crippen LogP contribution is -2.43. The number of methoxy groups -OCH3 is 2. The summed E-state index contributed by atoms with van der Waals surface area (Å²) in [5, 5.41) is 2.82. The van der Waals surface area contributed by atoms with Gasteiger partial charge in [0.1, 0.15) is 17.5 Å². The highest BCUT2D eigenvalue weighted by molar-refractivity contribution is 7.89. The van der Waals surface area contributed by atoms with Crippen molar-refractivity contribution in [3.8, 4) is 11.5 Å². The average molecular weight is 433 g/mol. The third-order valence-electron chi connectivity index (χ3n) is 5.34. The maximum absolute atomic E-state index is 13.5. The standard InChI is InChI=1S/C22H28N2O5S/c1-14-11-15(2)21(16(3)12-14)30(26,27)24-10-6-7-19(24)22(25)23-18-9-8-17(28-4)13-20(18)29-5/h8-9,11-13,19H,6-7,10H2,1-5H3,(H,23,25)/t19-/m0/s1. The molecule has 0 spiro atoms. The van der Waals surface area contributed by atoms with Crippen LogP contribution in [0.1, 0.15) is 29.5 Å². The van der Waals surface area contributed by atoms with E-state index < -0.39 is 16.1 Å². The molecule has 162 valence electrons. The Kier molecular flexibility index (Phi) is 6.38. The second-order valence-corrected chi connectivity index (χ2v) is 9.38. The monoisotopic (exact) mass is 432 g/mol. The van der Waals surface area contributed by atoms with Gasteiger partial charge in [-0.15, -0.1) is 0 Å². The number of anilines is 1. The number of hydrogen-bond acceptors (Lipinski definition) is 5. The quantitative estimate of drug-likeness (QED) is 0.756. The fraction of sp³-hybridized carbons (Fsp3) is 0.409. The fourth-order valence-electron chi connectivity index (χ4n) is 4.10. The number of benzene rings is 2. The molecule has 0 bridgehead atoms. The largest absolute Gasteiger partial charge is 0.497 e. The smallest absolute Gasteiger partial charge is 0.244 e. The molecule has 0 unspecified atom stereocenters. The lowest BCUT2D eigenvalue weighted by Gasteiger charge is -2.25. The van der Waals surface area contributed by atoms with E-state index >= 15 is 0 Å². The van der Waals surface area contributed by atoms with E-state index in [-0.39, 0.29) is 10.8 Å². The highest BCUT2D eigenvalue weighted by Crippen LogP contribution is 2.33. The minimum absolute atomic E-state index is 0.287. The molecule has 1 amide bonds. The molecule has 1 saturated heterocycles. The normalized spacial score (nSPS) is 17.0. The van der Waals surface area contributed by atoms with Crippen molar-refractivity contribution in [2.24, 2.45) is 0 Å². The first-order valence-corrected chi connectivity index (χ1v) is 11.3. The van der Waals surface area contributed by atoms with Gasteiger partial charge in [-0.1, -0.05) is 17.7 Å². The van der Waals surface area contributed by atoms with Gasteiger partial charge in [0.25, 0.3) is 0 Å². The van der Waals surface area contributed by atoms with Crippen molar-refractivity contribution in [3.63, 3.8) is 0 Å². The van der Waals surface area contributed by atoms with Gasteiger partial charge in [0, 0.05) is 12.6 Å². The van der Waals surface area contributed by atoms with Crippen LogP contribution in [0.15, 0.2) is 35.2 Å². The predicted octanol–water partition coefficient (Wildman–Crippen LogP) is 3.42. The van der Waals surface area contributed by atoms with E-state index in [0.29, 0.717) is 47.7 Å². The molecule has 30 heavy (non-hydrogen) atoms. The summed E-state index contributed by atoms with van der Waals surface area (Å²) in [5.41, 5.74) is 2.85. The van der Waals surface area contributed by atoms with Crippen LogP contribution in [0.3, 0.4) is 0 Å². The molecule has 8 heteroatoms. The summed E-state index contributed by atoms with van der Waals surface area (Å²) in [6.45, 7) is 5.83. The zero-order valence-electron chi connectivity index (χ0n) is 18.0. The first kappa shape index (κ1) is 22.1. The molecular weight excluding hydrogens is 404 g/mol. The number of nitrogens with zero attached hydrogens (tertiary/aromatic N) is 1. The number of aryl methyl sites for hydroxylation is 3. The first-order valence-electron chi connectivity index (χ1n) is 9.81. The van der Waals surface area contributed by atoms with Gasteiger partial charge >= 0.3 is 0 Å². The molecule has 1 aliphatic heterocycles. The van der Waals surface area contributed by atoms with Crippen LogP contribution in [-0.2, 0) is 14.8 Å². The minimum atomic E-state index is -3.81. The highest BCUT2D eigenvalue weighted by atomic mass is 32.2. The SMILES string of the molecule is COc1ccc(NC(=O)[C@@H]2CCCN2S(=O)(=O)c2c(C)cc(C)cc2C)c(OC)c1. The lowest BCUT2D eigenvalue weighted by atomic mass is 10.1. The van der Waals surface area contributed by atoms with Gasteiger partial charge in [-0.25, -0.2) is 8.42 Å². The van der Waals surface area contributed by atoms with Crippen LogP contribution in [0.4, 0.5) is 5.69 Å². The van der Waals surface area contributed by atoms with Crippen LogP contribution >= 0.6 is 0 Å². The van der Waals surface area contributed by atoms with E-state index in [0.717, 1.165) is 5.56 Å². The Bertz CT molecular complexity index is 1040. The molecule has 0 saturated carbocycles. The average Bonchev–Trinajstić information content (AvgIpc) is 3.18. The molecule has 1 atom stereocenters. The Morgan fingerprint density at radius 3 is 2.33 bits per heavy atom. The number of sulfonamides is 1. The molecule has 1 fully saturated rings. The van der Waals surface area contributed by atoms with Crippen LogP contribution < -0.4 is 14.8 Å². The number of carbonyl (C=O) groups is 1. The minimum Gasteiger partial charge on any atom is -0.497 e.